The van der Waals surface area contributed by atoms with Gasteiger partial charge in [-0.2, -0.15) is 0 Å². The number of benzene rings is 2. The van der Waals surface area contributed by atoms with Gasteiger partial charge in [-0.3, -0.25) is 4.79 Å². The first-order chi connectivity index (χ1) is 11.0. The molecule has 1 unspecified atom stereocenters. The lowest BCUT2D eigenvalue weighted by molar-refractivity contribution is -0.121. The Morgan fingerprint density at radius 1 is 1.09 bits per heavy atom. The highest BCUT2D eigenvalue weighted by atomic mass is 16.4. The standard InChI is InChI=1S/C19H21NO3/c1-13-7-3-5-9-16(13)14(2)20-18(21)12-11-15-8-4-6-10-17(15)19(22)23/h3-10,14H,11-12H2,1-2H3,(H,20,21)(H,22,23). The molecule has 0 aliphatic heterocycles. The van der Waals surface area contributed by atoms with Crippen LogP contribution in [0.25, 0.3) is 0 Å². The number of carbonyl (C=O) groups is 2. The van der Waals surface area contributed by atoms with E-state index in [9.17, 15) is 9.59 Å². The molecule has 0 radical (unpaired) electrons. The van der Waals surface area contributed by atoms with Gasteiger partial charge in [0.25, 0.3) is 0 Å². The maximum absolute atomic E-state index is 12.1. The third-order valence-electron chi connectivity index (χ3n) is 3.90. The topological polar surface area (TPSA) is 66.4 Å². The van der Waals surface area contributed by atoms with E-state index in [1.165, 1.54) is 0 Å². The first-order valence-corrected chi connectivity index (χ1v) is 7.65. The zero-order chi connectivity index (χ0) is 16.8. The predicted molar refractivity (Wildman–Crippen MR) is 89.5 cm³/mol. The molecule has 0 fully saturated rings. The fourth-order valence-corrected chi connectivity index (χ4v) is 2.66. The van der Waals surface area contributed by atoms with Crippen molar-refractivity contribution in [1.82, 2.24) is 5.32 Å². The molecule has 2 N–H and O–H groups in total. The summed E-state index contributed by atoms with van der Waals surface area (Å²) in [6.07, 6.45) is 0.676. The summed E-state index contributed by atoms with van der Waals surface area (Å²) in [7, 11) is 0. The van der Waals surface area contributed by atoms with E-state index in [1.807, 2.05) is 38.1 Å². The Labute approximate surface area is 136 Å². The van der Waals surface area contributed by atoms with Crippen LogP contribution in [0.3, 0.4) is 0 Å². The minimum atomic E-state index is -0.964. The fraction of sp³-hybridized carbons (Fsp3) is 0.263. The lowest BCUT2D eigenvalue weighted by atomic mass is 10.0. The molecular weight excluding hydrogens is 290 g/mol. The van der Waals surface area contributed by atoms with Crippen molar-refractivity contribution < 1.29 is 14.7 Å². The molecule has 0 aliphatic carbocycles. The van der Waals surface area contributed by atoms with Crippen molar-refractivity contribution in [3.8, 4) is 0 Å². The minimum absolute atomic E-state index is 0.0709. The van der Waals surface area contributed by atoms with Gasteiger partial charge in [0.15, 0.2) is 0 Å². The molecule has 1 atom stereocenters. The Hall–Kier alpha value is -2.62. The number of carbonyl (C=O) groups excluding carboxylic acids is 1. The van der Waals surface area contributed by atoms with Gasteiger partial charge in [0.2, 0.25) is 5.91 Å². The van der Waals surface area contributed by atoms with Crippen LogP contribution in [0.15, 0.2) is 48.5 Å². The first kappa shape index (κ1) is 16.7. The number of hydrogen-bond donors (Lipinski definition) is 2. The summed E-state index contributed by atoms with van der Waals surface area (Å²) in [5.74, 6) is -1.05. The van der Waals surface area contributed by atoms with E-state index < -0.39 is 5.97 Å². The zero-order valence-electron chi connectivity index (χ0n) is 13.4. The van der Waals surface area contributed by atoms with E-state index in [1.54, 1.807) is 24.3 Å². The summed E-state index contributed by atoms with van der Waals surface area (Å²) >= 11 is 0. The maximum Gasteiger partial charge on any atom is 0.335 e. The number of aryl methyl sites for hydroxylation is 2. The Morgan fingerprint density at radius 3 is 2.43 bits per heavy atom. The van der Waals surface area contributed by atoms with E-state index in [-0.39, 0.29) is 23.9 Å². The van der Waals surface area contributed by atoms with Crippen LogP contribution in [0.1, 0.15) is 46.4 Å². The highest BCUT2D eigenvalue weighted by Gasteiger charge is 2.13. The molecule has 23 heavy (non-hydrogen) atoms. The number of aromatic carboxylic acids is 1. The number of carboxylic acid groups (broad SMARTS) is 1. The van der Waals surface area contributed by atoms with Gasteiger partial charge in [0.05, 0.1) is 11.6 Å². The lowest BCUT2D eigenvalue weighted by Gasteiger charge is -2.16. The lowest BCUT2D eigenvalue weighted by Crippen LogP contribution is -2.27. The van der Waals surface area contributed by atoms with E-state index in [0.717, 1.165) is 11.1 Å². The summed E-state index contributed by atoms with van der Waals surface area (Å²) < 4.78 is 0. The molecule has 0 saturated carbocycles. The molecular formula is C19H21NO3. The zero-order valence-corrected chi connectivity index (χ0v) is 13.4. The Balaban J connectivity index is 1.96. The molecule has 120 valence electrons. The molecule has 4 heteroatoms. The predicted octanol–water partition coefficient (Wildman–Crippen LogP) is 3.50. The fourth-order valence-electron chi connectivity index (χ4n) is 2.66. The van der Waals surface area contributed by atoms with Crippen LogP contribution in [-0.2, 0) is 11.2 Å². The normalized spacial score (nSPS) is 11.7. The molecule has 0 saturated heterocycles. The van der Waals surface area contributed by atoms with Crippen LogP contribution in [0, 0.1) is 6.92 Å². The molecule has 0 aliphatic rings. The second-order valence-electron chi connectivity index (χ2n) is 5.61. The van der Waals surface area contributed by atoms with E-state index >= 15 is 0 Å². The SMILES string of the molecule is Cc1ccccc1C(C)NC(=O)CCc1ccccc1C(=O)O. The van der Waals surface area contributed by atoms with E-state index in [0.29, 0.717) is 12.0 Å². The Morgan fingerprint density at radius 2 is 1.74 bits per heavy atom. The third kappa shape index (κ3) is 4.42. The molecule has 1 amide bonds. The van der Waals surface area contributed by atoms with Gasteiger partial charge in [0.1, 0.15) is 0 Å². The van der Waals surface area contributed by atoms with Crippen LogP contribution >= 0.6 is 0 Å². The summed E-state index contributed by atoms with van der Waals surface area (Å²) in [5, 5.41) is 12.1. The van der Waals surface area contributed by atoms with E-state index in [2.05, 4.69) is 5.32 Å². The van der Waals surface area contributed by atoms with Gasteiger partial charge in [0, 0.05) is 6.42 Å². The van der Waals surface area contributed by atoms with Crippen LogP contribution < -0.4 is 5.32 Å². The number of rotatable bonds is 6. The van der Waals surface area contributed by atoms with Gasteiger partial charge in [-0.1, -0.05) is 42.5 Å². The van der Waals surface area contributed by atoms with Gasteiger partial charge < -0.3 is 10.4 Å². The summed E-state index contributed by atoms with van der Waals surface area (Å²) in [6.45, 7) is 3.96. The van der Waals surface area contributed by atoms with Gasteiger partial charge in [-0.05, 0) is 43.0 Å². The molecule has 2 aromatic rings. The molecule has 4 nitrogen and oxygen atoms in total. The second kappa shape index (κ2) is 7.58. The van der Waals surface area contributed by atoms with Crippen LogP contribution in [-0.4, -0.2) is 17.0 Å². The quantitative estimate of drug-likeness (QED) is 0.858. The molecule has 2 aromatic carbocycles. The highest BCUT2D eigenvalue weighted by molar-refractivity contribution is 5.89. The van der Waals surface area contributed by atoms with Crippen molar-refractivity contribution in [2.24, 2.45) is 0 Å². The van der Waals surface area contributed by atoms with Crippen LogP contribution in [0.4, 0.5) is 0 Å². The highest BCUT2D eigenvalue weighted by Crippen LogP contribution is 2.17. The summed E-state index contributed by atoms with van der Waals surface area (Å²) in [5.41, 5.74) is 3.16. The van der Waals surface area contributed by atoms with Crippen LogP contribution in [0.5, 0.6) is 0 Å². The number of carboxylic acids is 1. The van der Waals surface area contributed by atoms with Gasteiger partial charge >= 0.3 is 5.97 Å². The molecule has 0 bridgehead atoms. The molecule has 0 heterocycles. The number of amides is 1. The van der Waals surface area contributed by atoms with Crippen LogP contribution in [0.2, 0.25) is 0 Å². The van der Waals surface area contributed by atoms with Crippen molar-refractivity contribution in [2.45, 2.75) is 32.7 Å². The Kier molecular flexibility index (Phi) is 5.52. The molecule has 2 rings (SSSR count). The average Bonchev–Trinajstić information content (AvgIpc) is 2.53. The molecule has 0 spiro atoms. The average molecular weight is 311 g/mol. The number of hydrogen-bond acceptors (Lipinski definition) is 2. The summed E-state index contributed by atoms with van der Waals surface area (Å²) in [4.78, 5) is 23.3. The monoisotopic (exact) mass is 311 g/mol. The largest absolute Gasteiger partial charge is 0.478 e. The van der Waals surface area contributed by atoms with Crippen molar-refractivity contribution in [2.75, 3.05) is 0 Å². The van der Waals surface area contributed by atoms with Crippen molar-refractivity contribution in [3.05, 3.63) is 70.8 Å². The minimum Gasteiger partial charge on any atom is -0.478 e. The summed E-state index contributed by atoms with van der Waals surface area (Å²) in [6, 6.07) is 14.7. The first-order valence-electron chi connectivity index (χ1n) is 7.65. The van der Waals surface area contributed by atoms with Crippen molar-refractivity contribution in [3.63, 3.8) is 0 Å². The van der Waals surface area contributed by atoms with Gasteiger partial charge in [-0.15, -0.1) is 0 Å². The second-order valence-corrected chi connectivity index (χ2v) is 5.61. The third-order valence-corrected chi connectivity index (χ3v) is 3.90. The van der Waals surface area contributed by atoms with E-state index in [4.69, 9.17) is 5.11 Å². The van der Waals surface area contributed by atoms with Crippen molar-refractivity contribution in [1.29, 1.82) is 0 Å². The smallest absolute Gasteiger partial charge is 0.335 e. The molecule has 0 aromatic heterocycles. The van der Waals surface area contributed by atoms with Crippen molar-refractivity contribution >= 4 is 11.9 Å². The number of nitrogens with one attached hydrogen (secondary N) is 1. The Bertz CT molecular complexity index is 709. The maximum atomic E-state index is 12.1. The van der Waals surface area contributed by atoms with Gasteiger partial charge in [-0.25, -0.2) is 4.79 Å².